The first-order chi connectivity index (χ1) is 14.9. The van der Waals surface area contributed by atoms with Gasteiger partial charge in [0.05, 0.1) is 12.0 Å². The quantitative estimate of drug-likeness (QED) is 0.555. The first kappa shape index (κ1) is 25.8. The molecule has 1 aromatic carbocycles. The minimum absolute atomic E-state index is 0.114. The summed E-state index contributed by atoms with van der Waals surface area (Å²) in [4.78, 5) is 37.4. The Labute approximate surface area is 190 Å². The van der Waals surface area contributed by atoms with E-state index < -0.39 is 45.1 Å². The van der Waals surface area contributed by atoms with Crippen LogP contribution < -0.4 is 5.32 Å². The maximum atomic E-state index is 13.6. The number of aryl methyl sites for hydroxylation is 2. The fourth-order valence-corrected chi connectivity index (χ4v) is 6.42. The lowest BCUT2D eigenvalue weighted by Gasteiger charge is -2.27. The van der Waals surface area contributed by atoms with E-state index in [1.165, 1.54) is 7.11 Å². The summed E-state index contributed by atoms with van der Waals surface area (Å²) >= 11 is 0. The van der Waals surface area contributed by atoms with Crippen molar-refractivity contribution >= 4 is 27.7 Å². The minimum atomic E-state index is -4.04. The molecule has 0 saturated heterocycles. The van der Waals surface area contributed by atoms with Crippen molar-refractivity contribution in [1.29, 1.82) is 0 Å². The molecule has 1 N–H and O–H groups in total. The first-order valence-electron chi connectivity index (χ1n) is 10.8. The molecule has 8 nitrogen and oxygen atoms in total. The molecular formula is C23H33NO7S. The number of carbonyl (C=O) groups is 3. The van der Waals surface area contributed by atoms with E-state index in [2.05, 4.69) is 5.32 Å². The van der Waals surface area contributed by atoms with Gasteiger partial charge in [-0.1, -0.05) is 38.8 Å². The van der Waals surface area contributed by atoms with Crippen LogP contribution >= 0.6 is 0 Å². The Kier molecular flexibility index (Phi) is 8.45. The number of benzene rings is 1. The van der Waals surface area contributed by atoms with Crippen LogP contribution in [0, 0.1) is 19.8 Å². The lowest BCUT2D eigenvalue weighted by atomic mass is 10.0. The van der Waals surface area contributed by atoms with Crippen molar-refractivity contribution in [2.75, 3.05) is 13.7 Å². The lowest BCUT2D eigenvalue weighted by molar-refractivity contribution is -0.152. The first-order valence-corrected chi connectivity index (χ1v) is 12.3. The van der Waals surface area contributed by atoms with Crippen LogP contribution in [0.3, 0.4) is 0 Å². The van der Waals surface area contributed by atoms with E-state index >= 15 is 0 Å². The highest BCUT2D eigenvalue weighted by atomic mass is 32.2. The summed E-state index contributed by atoms with van der Waals surface area (Å²) < 4.78 is 35.4. The van der Waals surface area contributed by atoms with Crippen LogP contribution in [0.2, 0.25) is 0 Å². The third kappa shape index (κ3) is 5.49. The summed E-state index contributed by atoms with van der Waals surface area (Å²) in [6.07, 6.45) is 1.79. The van der Waals surface area contributed by atoms with Crippen LogP contribution in [0.5, 0.6) is 0 Å². The normalized spacial score (nSPS) is 16.4. The molecule has 1 saturated carbocycles. The number of rotatable bonds is 9. The van der Waals surface area contributed by atoms with Gasteiger partial charge >= 0.3 is 11.9 Å². The van der Waals surface area contributed by atoms with E-state index in [9.17, 15) is 22.8 Å². The molecule has 32 heavy (non-hydrogen) atoms. The van der Waals surface area contributed by atoms with Gasteiger partial charge < -0.3 is 14.8 Å². The van der Waals surface area contributed by atoms with Gasteiger partial charge in [0.25, 0.3) is 5.91 Å². The van der Waals surface area contributed by atoms with E-state index in [1.54, 1.807) is 26.0 Å². The minimum Gasteiger partial charge on any atom is -0.467 e. The molecule has 9 heteroatoms. The SMILES string of the molecule is COC(=O)C(CC(C)C)NC(=O)COC(=O)C1(S(=O)(=O)c2cc(C)ccc2C)CCCC1. The summed E-state index contributed by atoms with van der Waals surface area (Å²) in [6, 6.07) is 4.22. The molecule has 0 spiro atoms. The highest BCUT2D eigenvalue weighted by Crippen LogP contribution is 2.42. The van der Waals surface area contributed by atoms with Gasteiger partial charge in [-0.25, -0.2) is 13.2 Å². The maximum absolute atomic E-state index is 13.6. The molecule has 1 aromatic rings. The highest BCUT2D eigenvalue weighted by Gasteiger charge is 2.54. The van der Waals surface area contributed by atoms with E-state index in [1.807, 2.05) is 19.9 Å². The fourth-order valence-electron chi connectivity index (χ4n) is 4.06. The number of sulfone groups is 1. The number of amides is 1. The van der Waals surface area contributed by atoms with Gasteiger partial charge in [-0.15, -0.1) is 0 Å². The van der Waals surface area contributed by atoms with Gasteiger partial charge in [-0.05, 0) is 56.2 Å². The summed E-state index contributed by atoms with van der Waals surface area (Å²) in [5, 5.41) is 2.50. The second-order valence-corrected chi connectivity index (χ2v) is 11.1. The molecule has 0 aromatic heterocycles. The Morgan fingerprint density at radius 1 is 1.12 bits per heavy atom. The number of hydrogen-bond acceptors (Lipinski definition) is 7. The molecule has 0 aliphatic heterocycles. The second-order valence-electron chi connectivity index (χ2n) is 8.82. The number of ether oxygens (including phenoxy) is 2. The predicted octanol–water partition coefficient (Wildman–Crippen LogP) is 2.64. The lowest BCUT2D eigenvalue weighted by Crippen LogP contribution is -2.48. The molecule has 0 heterocycles. The molecule has 1 amide bonds. The van der Waals surface area contributed by atoms with Crippen LogP contribution in [0.15, 0.2) is 23.1 Å². The van der Waals surface area contributed by atoms with Crippen molar-refractivity contribution in [3.05, 3.63) is 29.3 Å². The maximum Gasteiger partial charge on any atom is 0.328 e. The van der Waals surface area contributed by atoms with Gasteiger partial charge in [0.1, 0.15) is 6.04 Å². The van der Waals surface area contributed by atoms with E-state index in [4.69, 9.17) is 9.47 Å². The highest BCUT2D eigenvalue weighted by molar-refractivity contribution is 7.93. The molecule has 1 aliphatic carbocycles. The number of nitrogens with one attached hydrogen (secondary N) is 1. The van der Waals surface area contributed by atoms with Gasteiger partial charge in [0, 0.05) is 0 Å². The molecule has 2 rings (SSSR count). The zero-order valence-electron chi connectivity index (χ0n) is 19.4. The summed E-state index contributed by atoms with van der Waals surface area (Å²) in [6.45, 7) is 6.59. The van der Waals surface area contributed by atoms with Crippen LogP contribution in [0.1, 0.15) is 57.1 Å². The van der Waals surface area contributed by atoms with Crippen LogP contribution in [-0.2, 0) is 33.7 Å². The third-order valence-corrected chi connectivity index (χ3v) is 8.42. The zero-order valence-corrected chi connectivity index (χ0v) is 20.2. The van der Waals surface area contributed by atoms with Crippen molar-refractivity contribution in [2.45, 2.75) is 75.5 Å². The second kappa shape index (κ2) is 10.5. The molecule has 1 unspecified atom stereocenters. The van der Waals surface area contributed by atoms with Crippen molar-refractivity contribution in [1.82, 2.24) is 5.32 Å². The molecule has 178 valence electrons. The Morgan fingerprint density at radius 2 is 1.75 bits per heavy atom. The van der Waals surface area contributed by atoms with Crippen LogP contribution in [0.25, 0.3) is 0 Å². The molecule has 1 aliphatic rings. The standard InChI is InChI=1S/C23H33NO7S/c1-15(2)12-18(21(26)30-5)24-20(25)14-31-22(27)23(10-6-7-11-23)32(28,29)19-13-16(3)8-9-17(19)4/h8-9,13,15,18H,6-7,10-12,14H2,1-5H3,(H,24,25). The molecule has 1 atom stereocenters. The molecule has 0 radical (unpaired) electrons. The summed E-state index contributed by atoms with van der Waals surface area (Å²) in [7, 11) is -2.81. The fraction of sp³-hybridized carbons (Fsp3) is 0.609. The van der Waals surface area contributed by atoms with Gasteiger partial charge in [0.2, 0.25) is 0 Å². The third-order valence-electron chi connectivity index (χ3n) is 5.79. The van der Waals surface area contributed by atoms with Gasteiger partial charge in [0.15, 0.2) is 21.2 Å². The van der Waals surface area contributed by atoms with E-state index in [0.717, 1.165) is 5.56 Å². The molecule has 1 fully saturated rings. The van der Waals surface area contributed by atoms with Crippen molar-refractivity contribution in [3.63, 3.8) is 0 Å². The van der Waals surface area contributed by atoms with Crippen LogP contribution in [0.4, 0.5) is 0 Å². The number of carbonyl (C=O) groups excluding carboxylic acids is 3. The summed E-state index contributed by atoms with van der Waals surface area (Å²) in [5.74, 6) is -2.09. The van der Waals surface area contributed by atoms with Gasteiger partial charge in [-0.3, -0.25) is 9.59 Å². The topological polar surface area (TPSA) is 116 Å². The Bertz CT molecular complexity index is 963. The Balaban J connectivity index is 2.19. The number of hydrogen-bond donors (Lipinski definition) is 1. The van der Waals surface area contributed by atoms with Crippen molar-refractivity contribution in [3.8, 4) is 0 Å². The number of esters is 2. The zero-order chi connectivity index (χ0) is 24.1. The van der Waals surface area contributed by atoms with E-state index in [0.29, 0.717) is 24.8 Å². The van der Waals surface area contributed by atoms with Gasteiger partial charge in [-0.2, -0.15) is 0 Å². The average Bonchev–Trinajstić information content (AvgIpc) is 3.24. The van der Waals surface area contributed by atoms with E-state index in [-0.39, 0.29) is 23.7 Å². The van der Waals surface area contributed by atoms with Crippen molar-refractivity contribution in [2.24, 2.45) is 5.92 Å². The molecular weight excluding hydrogens is 434 g/mol. The molecule has 0 bridgehead atoms. The largest absolute Gasteiger partial charge is 0.467 e. The number of methoxy groups -OCH3 is 1. The summed E-state index contributed by atoms with van der Waals surface area (Å²) in [5.41, 5.74) is 1.33. The Hall–Kier alpha value is -2.42. The van der Waals surface area contributed by atoms with Crippen molar-refractivity contribution < 1.29 is 32.3 Å². The smallest absolute Gasteiger partial charge is 0.328 e. The monoisotopic (exact) mass is 467 g/mol. The average molecular weight is 468 g/mol. The predicted molar refractivity (Wildman–Crippen MR) is 119 cm³/mol. The Morgan fingerprint density at radius 3 is 2.31 bits per heavy atom. The van der Waals surface area contributed by atoms with Crippen LogP contribution in [-0.4, -0.2) is 50.8 Å².